The zero-order chi connectivity index (χ0) is 24.6. The largest absolute Gasteiger partial charge is 0.467 e. The summed E-state index contributed by atoms with van der Waals surface area (Å²) in [5.74, 6) is 0.897. The number of carbonyl (C=O) groups excluding carboxylic acids is 1. The number of benzene rings is 2. The lowest BCUT2D eigenvalue weighted by Gasteiger charge is -2.29. The fourth-order valence-electron chi connectivity index (χ4n) is 4.22. The molecule has 35 heavy (non-hydrogen) atoms. The van der Waals surface area contributed by atoms with E-state index in [0.717, 1.165) is 28.6 Å². The Bertz CT molecular complexity index is 1440. The van der Waals surface area contributed by atoms with Gasteiger partial charge in [-0.15, -0.1) is 0 Å². The first-order valence-corrected chi connectivity index (χ1v) is 13.9. The molecular weight excluding hydrogens is 482 g/mol. The Morgan fingerprint density at radius 3 is 2.57 bits per heavy atom. The van der Waals surface area contributed by atoms with Crippen LogP contribution in [0.4, 0.5) is 5.13 Å². The van der Waals surface area contributed by atoms with Crippen molar-refractivity contribution in [1.29, 1.82) is 0 Å². The predicted molar refractivity (Wildman–Crippen MR) is 137 cm³/mol. The molecule has 0 saturated carbocycles. The SMILES string of the molecule is Cc1ccc2nc(N(Cc3ccco3)C(=O)c3ccc(S(=O)(=O)N4CCC(C)CC4)cc3)sc2c1. The predicted octanol–water partition coefficient (Wildman–Crippen LogP) is 5.47. The van der Waals surface area contributed by atoms with Crippen LogP contribution in [0.5, 0.6) is 0 Å². The number of thiazole rings is 1. The van der Waals surface area contributed by atoms with Gasteiger partial charge in [-0.1, -0.05) is 24.3 Å². The number of rotatable bonds is 6. The third kappa shape index (κ3) is 4.89. The van der Waals surface area contributed by atoms with Gasteiger partial charge in [0.25, 0.3) is 5.91 Å². The Hall–Kier alpha value is -3.01. The molecule has 0 radical (unpaired) electrons. The first-order valence-electron chi connectivity index (χ1n) is 11.6. The van der Waals surface area contributed by atoms with Crippen molar-refractivity contribution >= 4 is 42.6 Å². The molecule has 0 bridgehead atoms. The molecule has 4 aromatic rings. The van der Waals surface area contributed by atoms with Gasteiger partial charge in [-0.05, 0) is 79.8 Å². The van der Waals surface area contributed by atoms with Crippen molar-refractivity contribution in [2.75, 3.05) is 18.0 Å². The third-order valence-electron chi connectivity index (χ3n) is 6.38. The molecule has 2 aromatic heterocycles. The molecule has 0 aliphatic carbocycles. The van der Waals surface area contributed by atoms with Crippen LogP contribution in [0.3, 0.4) is 0 Å². The van der Waals surface area contributed by atoms with Gasteiger partial charge in [0.05, 0.1) is 27.9 Å². The number of carbonyl (C=O) groups is 1. The Morgan fingerprint density at radius 2 is 1.89 bits per heavy atom. The molecule has 5 rings (SSSR count). The normalized spacial score (nSPS) is 15.5. The topological polar surface area (TPSA) is 83.7 Å². The molecular formula is C26H27N3O4S2. The molecule has 0 atom stereocenters. The van der Waals surface area contributed by atoms with E-state index < -0.39 is 10.0 Å². The van der Waals surface area contributed by atoms with Crippen LogP contribution < -0.4 is 4.90 Å². The Balaban J connectivity index is 1.44. The summed E-state index contributed by atoms with van der Waals surface area (Å²) < 4.78 is 34.2. The van der Waals surface area contributed by atoms with Crippen molar-refractivity contribution in [1.82, 2.24) is 9.29 Å². The van der Waals surface area contributed by atoms with Crippen LogP contribution in [-0.4, -0.2) is 36.7 Å². The van der Waals surface area contributed by atoms with Crippen molar-refractivity contribution in [2.45, 2.75) is 38.1 Å². The lowest BCUT2D eigenvalue weighted by molar-refractivity contribution is 0.0983. The van der Waals surface area contributed by atoms with Gasteiger partial charge >= 0.3 is 0 Å². The summed E-state index contributed by atoms with van der Waals surface area (Å²) in [6, 6.07) is 15.8. The second-order valence-corrected chi connectivity index (χ2v) is 12.0. The van der Waals surface area contributed by atoms with Crippen molar-refractivity contribution in [3.05, 3.63) is 77.7 Å². The standard InChI is InChI=1S/C26H27N3O4S2/c1-18-11-13-28(14-12-18)35(31,32)22-8-6-20(7-9-22)25(30)29(17-21-4-3-15-33-21)26-27-23-10-5-19(2)16-24(23)34-26/h3-10,15-16,18H,11-14,17H2,1-2H3. The lowest BCUT2D eigenvalue weighted by Crippen LogP contribution is -2.37. The first kappa shape index (κ1) is 23.7. The molecule has 0 spiro atoms. The van der Waals surface area contributed by atoms with Gasteiger partial charge in [0.2, 0.25) is 10.0 Å². The van der Waals surface area contributed by atoms with Crippen molar-refractivity contribution < 1.29 is 17.6 Å². The van der Waals surface area contributed by atoms with E-state index in [1.807, 2.05) is 31.2 Å². The summed E-state index contributed by atoms with van der Waals surface area (Å²) >= 11 is 1.44. The summed E-state index contributed by atoms with van der Waals surface area (Å²) in [6.45, 7) is 5.43. The van der Waals surface area contributed by atoms with Crippen molar-refractivity contribution in [3.8, 4) is 0 Å². The van der Waals surface area contributed by atoms with Crippen LogP contribution in [0.1, 0.15) is 41.4 Å². The minimum Gasteiger partial charge on any atom is -0.467 e. The number of fused-ring (bicyclic) bond motifs is 1. The summed E-state index contributed by atoms with van der Waals surface area (Å²) in [5, 5.41) is 0.561. The van der Waals surface area contributed by atoms with E-state index in [2.05, 4.69) is 11.9 Å². The quantitative estimate of drug-likeness (QED) is 0.344. The highest BCUT2D eigenvalue weighted by Gasteiger charge is 2.29. The molecule has 1 saturated heterocycles. The molecule has 1 aliphatic heterocycles. The number of anilines is 1. The van der Waals surface area contributed by atoms with Gasteiger partial charge < -0.3 is 4.42 Å². The van der Waals surface area contributed by atoms with Gasteiger partial charge in [0, 0.05) is 18.7 Å². The Labute approximate surface area is 209 Å². The molecule has 1 fully saturated rings. The minimum absolute atomic E-state index is 0.205. The van der Waals surface area contributed by atoms with Crippen molar-refractivity contribution in [3.63, 3.8) is 0 Å². The summed E-state index contributed by atoms with van der Waals surface area (Å²) in [7, 11) is -3.58. The maximum Gasteiger partial charge on any atom is 0.260 e. The van der Waals surface area contributed by atoms with Gasteiger partial charge in [-0.3, -0.25) is 9.69 Å². The summed E-state index contributed by atoms with van der Waals surface area (Å²) in [4.78, 5) is 20.1. The molecule has 0 unspecified atom stereocenters. The minimum atomic E-state index is -3.58. The van der Waals surface area contributed by atoms with E-state index in [1.54, 1.807) is 29.4 Å². The highest BCUT2D eigenvalue weighted by atomic mass is 32.2. The monoisotopic (exact) mass is 509 g/mol. The lowest BCUT2D eigenvalue weighted by atomic mass is 10.0. The van der Waals surface area contributed by atoms with Crippen LogP contribution in [0, 0.1) is 12.8 Å². The van der Waals surface area contributed by atoms with E-state index in [-0.39, 0.29) is 17.3 Å². The third-order valence-corrected chi connectivity index (χ3v) is 9.34. The molecule has 3 heterocycles. The number of furan rings is 1. The van der Waals surface area contributed by atoms with Crippen LogP contribution in [0.2, 0.25) is 0 Å². The number of hydrogen-bond acceptors (Lipinski definition) is 6. The second-order valence-electron chi connectivity index (χ2n) is 9.05. The van der Waals surface area contributed by atoms with E-state index in [0.29, 0.717) is 35.5 Å². The zero-order valence-corrected chi connectivity index (χ0v) is 21.3. The fraction of sp³-hybridized carbons (Fsp3) is 0.308. The van der Waals surface area contributed by atoms with Crippen LogP contribution in [0.15, 0.2) is 70.2 Å². The molecule has 0 N–H and O–H groups in total. The smallest absolute Gasteiger partial charge is 0.260 e. The number of hydrogen-bond donors (Lipinski definition) is 0. The van der Waals surface area contributed by atoms with Crippen LogP contribution >= 0.6 is 11.3 Å². The Kier molecular flexibility index (Phi) is 6.48. The summed E-state index contributed by atoms with van der Waals surface area (Å²) in [6.07, 6.45) is 3.29. The summed E-state index contributed by atoms with van der Waals surface area (Å²) in [5.41, 5.74) is 2.33. The molecule has 1 amide bonds. The number of piperidine rings is 1. The zero-order valence-electron chi connectivity index (χ0n) is 19.7. The average Bonchev–Trinajstić information content (AvgIpc) is 3.52. The van der Waals surface area contributed by atoms with E-state index in [4.69, 9.17) is 4.42 Å². The van der Waals surface area contributed by atoms with Crippen LogP contribution in [0.25, 0.3) is 10.2 Å². The number of aromatic nitrogens is 1. The maximum absolute atomic E-state index is 13.6. The second kappa shape index (κ2) is 9.56. The molecule has 2 aromatic carbocycles. The van der Waals surface area contributed by atoms with Gasteiger partial charge in [0.15, 0.2) is 5.13 Å². The highest BCUT2D eigenvalue weighted by molar-refractivity contribution is 7.89. The average molecular weight is 510 g/mol. The van der Waals surface area contributed by atoms with Gasteiger partial charge in [-0.2, -0.15) is 4.31 Å². The molecule has 9 heteroatoms. The van der Waals surface area contributed by atoms with E-state index >= 15 is 0 Å². The number of aryl methyl sites for hydroxylation is 1. The fourth-order valence-corrected chi connectivity index (χ4v) is 6.75. The van der Waals surface area contributed by atoms with Gasteiger partial charge in [-0.25, -0.2) is 13.4 Å². The van der Waals surface area contributed by atoms with E-state index in [1.165, 1.54) is 27.8 Å². The number of amides is 1. The number of sulfonamides is 1. The van der Waals surface area contributed by atoms with Crippen LogP contribution in [-0.2, 0) is 16.6 Å². The highest BCUT2D eigenvalue weighted by Crippen LogP contribution is 2.32. The molecule has 1 aliphatic rings. The molecule has 182 valence electrons. The number of nitrogens with zero attached hydrogens (tertiary/aromatic N) is 3. The first-order chi connectivity index (χ1) is 16.8. The maximum atomic E-state index is 13.6. The van der Waals surface area contributed by atoms with Gasteiger partial charge in [0.1, 0.15) is 5.76 Å². The Morgan fingerprint density at radius 1 is 1.14 bits per heavy atom. The molecule has 7 nitrogen and oxygen atoms in total. The van der Waals surface area contributed by atoms with Crippen molar-refractivity contribution in [2.24, 2.45) is 5.92 Å². The van der Waals surface area contributed by atoms with E-state index in [9.17, 15) is 13.2 Å².